The van der Waals surface area contributed by atoms with Gasteiger partial charge in [0.15, 0.2) is 0 Å². The van der Waals surface area contributed by atoms with Crippen LogP contribution in [-0.2, 0) is 7.05 Å². The molecule has 1 aromatic carbocycles. The van der Waals surface area contributed by atoms with Crippen LogP contribution in [0.4, 0.5) is 0 Å². The van der Waals surface area contributed by atoms with Crippen molar-refractivity contribution in [3.05, 3.63) is 29.0 Å². The predicted molar refractivity (Wildman–Crippen MR) is 79.5 cm³/mol. The van der Waals surface area contributed by atoms with Crippen molar-refractivity contribution in [1.82, 2.24) is 14.9 Å². The zero-order chi connectivity index (χ0) is 13.4. The molecule has 3 rings (SSSR count). The number of hydrogen-bond donors (Lipinski definition) is 1. The molecule has 0 saturated carbocycles. The Hall–Kier alpha value is -1.06. The number of benzene rings is 1. The second-order valence-corrected chi connectivity index (χ2v) is 5.85. The number of imidazole rings is 1. The van der Waals surface area contributed by atoms with E-state index in [1.807, 2.05) is 18.2 Å². The molecule has 0 radical (unpaired) electrons. The number of hydrogen-bond acceptors (Lipinski definition) is 2. The summed E-state index contributed by atoms with van der Waals surface area (Å²) in [5, 5.41) is 4.37. The molecular formula is C15H20ClN3. The molecule has 1 saturated heterocycles. The third kappa shape index (κ3) is 2.26. The van der Waals surface area contributed by atoms with Crippen LogP contribution in [-0.4, -0.2) is 16.1 Å². The highest BCUT2D eigenvalue weighted by Gasteiger charge is 2.25. The van der Waals surface area contributed by atoms with Crippen LogP contribution in [0.3, 0.4) is 0 Å². The summed E-state index contributed by atoms with van der Waals surface area (Å²) in [5.74, 6) is 1.92. The van der Waals surface area contributed by atoms with E-state index in [9.17, 15) is 0 Å². The molecule has 4 heteroatoms. The van der Waals surface area contributed by atoms with Gasteiger partial charge in [0.2, 0.25) is 0 Å². The molecule has 2 unspecified atom stereocenters. The Morgan fingerprint density at radius 3 is 3.05 bits per heavy atom. The first-order valence-corrected chi connectivity index (χ1v) is 7.42. The first kappa shape index (κ1) is 12.9. The lowest BCUT2D eigenvalue weighted by atomic mass is 9.90. The minimum atomic E-state index is 0.354. The van der Waals surface area contributed by atoms with Crippen LogP contribution in [0.25, 0.3) is 11.0 Å². The molecule has 2 aromatic rings. The fourth-order valence-corrected chi connectivity index (χ4v) is 3.41. The maximum atomic E-state index is 6.29. The van der Waals surface area contributed by atoms with Crippen LogP contribution in [0.2, 0.25) is 5.02 Å². The van der Waals surface area contributed by atoms with Gasteiger partial charge in [-0.15, -0.1) is 0 Å². The summed E-state index contributed by atoms with van der Waals surface area (Å²) in [7, 11) is 2.06. The Kier molecular flexibility index (Phi) is 3.50. The number of nitrogens with one attached hydrogen (secondary N) is 1. The Bertz CT molecular complexity index is 590. The molecule has 19 heavy (non-hydrogen) atoms. The largest absolute Gasteiger partial charge is 0.329 e. The Balaban J connectivity index is 2.01. The van der Waals surface area contributed by atoms with Crippen LogP contribution in [0.1, 0.15) is 38.1 Å². The van der Waals surface area contributed by atoms with E-state index in [0.29, 0.717) is 6.04 Å². The number of para-hydroxylation sites is 1. The molecule has 0 aliphatic carbocycles. The van der Waals surface area contributed by atoms with Crippen molar-refractivity contribution in [2.75, 3.05) is 6.54 Å². The molecule has 3 nitrogen and oxygen atoms in total. The van der Waals surface area contributed by atoms with Gasteiger partial charge in [-0.25, -0.2) is 4.98 Å². The third-order valence-corrected chi connectivity index (χ3v) is 4.59. The minimum Gasteiger partial charge on any atom is -0.329 e. The molecule has 2 heterocycles. The third-order valence-electron chi connectivity index (χ3n) is 4.28. The Morgan fingerprint density at radius 2 is 2.32 bits per heavy atom. The van der Waals surface area contributed by atoms with Crippen molar-refractivity contribution in [3.63, 3.8) is 0 Å². The summed E-state index contributed by atoms with van der Waals surface area (Å²) >= 11 is 6.29. The first-order valence-electron chi connectivity index (χ1n) is 7.05. The van der Waals surface area contributed by atoms with Crippen LogP contribution >= 0.6 is 11.6 Å². The Labute approximate surface area is 119 Å². The van der Waals surface area contributed by atoms with E-state index in [0.717, 1.165) is 34.3 Å². The average Bonchev–Trinajstić information content (AvgIpc) is 2.77. The van der Waals surface area contributed by atoms with Crippen molar-refractivity contribution in [2.24, 2.45) is 13.0 Å². The van der Waals surface area contributed by atoms with E-state index in [-0.39, 0.29) is 0 Å². The number of fused-ring (bicyclic) bond motifs is 1. The van der Waals surface area contributed by atoms with Crippen molar-refractivity contribution in [1.29, 1.82) is 0 Å². The summed E-state index contributed by atoms with van der Waals surface area (Å²) in [6.45, 7) is 3.36. The van der Waals surface area contributed by atoms with Gasteiger partial charge in [-0.3, -0.25) is 0 Å². The SMILES string of the molecule is CCC1CCNC(c2nc3cccc(Cl)c3n2C)C1. The predicted octanol–water partition coefficient (Wildman–Crippen LogP) is 3.68. The van der Waals surface area contributed by atoms with Gasteiger partial charge >= 0.3 is 0 Å². The van der Waals surface area contributed by atoms with Gasteiger partial charge in [-0.05, 0) is 37.4 Å². The zero-order valence-electron chi connectivity index (χ0n) is 11.5. The van der Waals surface area contributed by atoms with Crippen LogP contribution in [0.15, 0.2) is 18.2 Å². The van der Waals surface area contributed by atoms with Gasteiger partial charge in [0.1, 0.15) is 5.82 Å². The minimum absolute atomic E-state index is 0.354. The van der Waals surface area contributed by atoms with E-state index in [2.05, 4.69) is 23.9 Å². The summed E-state index contributed by atoms with van der Waals surface area (Å²) in [6.07, 6.45) is 3.70. The number of aromatic nitrogens is 2. The maximum absolute atomic E-state index is 6.29. The summed E-state index contributed by atoms with van der Waals surface area (Å²) in [6, 6.07) is 6.28. The highest BCUT2D eigenvalue weighted by molar-refractivity contribution is 6.35. The van der Waals surface area contributed by atoms with Gasteiger partial charge in [0, 0.05) is 7.05 Å². The van der Waals surface area contributed by atoms with Gasteiger partial charge in [0.25, 0.3) is 0 Å². The molecule has 1 aromatic heterocycles. The number of piperidine rings is 1. The molecule has 1 N–H and O–H groups in total. The lowest BCUT2D eigenvalue weighted by Crippen LogP contribution is -2.33. The van der Waals surface area contributed by atoms with E-state index in [1.165, 1.54) is 19.3 Å². The average molecular weight is 278 g/mol. The lowest BCUT2D eigenvalue weighted by molar-refractivity contribution is 0.288. The standard InChI is InChI=1S/C15H20ClN3/c1-3-10-7-8-17-13(9-10)15-18-12-6-4-5-11(16)14(12)19(15)2/h4-6,10,13,17H,3,7-9H2,1-2H3. The molecule has 0 spiro atoms. The van der Waals surface area contributed by atoms with E-state index >= 15 is 0 Å². The monoisotopic (exact) mass is 277 g/mol. The summed E-state index contributed by atoms with van der Waals surface area (Å²) in [5.41, 5.74) is 2.03. The highest BCUT2D eigenvalue weighted by Crippen LogP contribution is 2.31. The van der Waals surface area contributed by atoms with Crippen LogP contribution < -0.4 is 5.32 Å². The number of halogens is 1. The van der Waals surface area contributed by atoms with Gasteiger partial charge in [-0.1, -0.05) is 31.0 Å². The highest BCUT2D eigenvalue weighted by atomic mass is 35.5. The zero-order valence-corrected chi connectivity index (χ0v) is 12.2. The second kappa shape index (κ2) is 5.14. The van der Waals surface area contributed by atoms with Gasteiger partial charge in [0.05, 0.1) is 22.1 Å². The fourth-order valence-electron chi connectivity index (χ4n) is 3.11. The van der Waals surface area contributed by atoms with Gasteiger partial charge < -0.3 is 9.88 Å². The van der Waals surface area contributed by atoms with Crippen molar-refractivity contribution >= 4 is 22.6 Å². The van der Waals surface area contributed by atoms with E-state index < -0.39 is 0 Å². The maximum Gasteiger partial charge on any atom is 0.126 e. The van der Waals surface area contributed by atoms with Crippen molar-refractivity contribution in [3.8, 4) is 0 Å². The van der Waals surface area contributed by atoms with Crippen molar-refractivity contribution < 1.29 is 0 Å². The molecule has 1 aliphatic rings. The number of nitrogens with zero attached hydrogens (tertiary/aromatic N) is 2. The molecule has 0 bridgehead atoms. The first-order chi connectivity index (χ1) is 9.20. The normalized spacial score (nSPS) is 23.9. The quantitative estimate of drug-likeness (QED) is 0.908. The fraction of sp³-hybridized carbons (Fsp3) is 0.533. The second-order valence-electron chi connectivity index (χ2n) is 5.44. The van der Waals surface area contributed by atoms with E-state index in [1.54, 1.807) is 0 Å². The van der Waals surface area contributed by atoms with Crippen LogP contribution in [0, 0.1) is 5.92 Å². The smallest absolute Gasteiger partial charge is 0.126 e. The lowest BCUT2D eigenvalue weighted by Gasteiger charge is -2.29. The molecule has 102 valence electrons. The molecule has 0 amide bonds. The van der Waals surface area contributed by atoms with Gasteiger partial charge in [-0.2, -0.15) is 0 Å². The van der Waals surface area contributed by atoms with E-state index in [4.69, 9.17) is 16.6 Å². The summed E-state index contributed by atoms with van der Waals surface area (Å²) in [4.78, 5) is 4.78. The topological polar surface area (TPSA) is 29.9 Å². The molecule has 1 aliphatic heterocycles. The number of rotatable bonds is 2. The molecule has 1 fully saturated rings. The van der Waals surface area contributed by atoms with Crippen molar-refractivity contribution in [2.45, 2.75) is 32.2 Å². The van der Waals surface area contributed by atoms with Crippen LogP contribution in [0.5, 0.6) is 0 Å². The summed E-state index contributed by atoms with van der Waals surface area (Å²) < 4.78 is 2.15. The Morgan fingerprint density at radius 1 is 1.47 bits per heavy atom. The number of aryl methyl sites for hydroxylation is 1. The molecular weight excluding hydrogens is 258 g/mol. The molecule has 2 atom stereocenters.